The van der Waals surface area contributed by atoms with Crippen LogP contribution in [0.15, 0.2) is 78.0 Å². The summed E-state index contributed by atoms with van der Waals surface area (Å²) in [5.41, 5.74) is 6.79. The van der Waals surface area contributed by atoms with Gasteiger partial charge < -0.3 is 10.3 Å². The van der Waals surface area contributed by atoms with Gasteiger partial charge in [0.25, 0.3) is 0 Å². The summed E-state index contributed by atoms with van der Waals surface area (Å²) >= 11 is 0. The van der Waals surface area contributed by atoms with Crippen molar-refractivity contribution < 1.29 is 19.5 Å². The molecule has 1 aliphatic rings. The SMILES string of the molecule is Cc1ccc(C2=CCC(C)(C)c3cc(C(C=Cc4ccc(C(=O)O)cc4F)=NO)ccc32)cc1. The summed E-state index contributed by atoms with van der Waals surface area (Å²) in [6.45, 7) is 6.43. The second-order valence-corrected chi connectivity index (χ2v) is 9.19. The molecule has 34 heavy (non-hydrogen) atoms. The number of allylic oxidation sites excluding steroid dienone is 2. The normalized spacial score (nSPS) is 15.2. The Labute approximate surface area is 198 Å². The molecule has 0 radical (unpaired) electrons. The van der Waals surface area contributed by atoms with Gasteiger partial charge >= 0.3 is 5.97 Å². The Balaban J connectivity index is 1.69. The van der Waals surface area contributed by atoms with Crippen LogP contribution in [0, 0.1) is 12.7 Å². The molecule has 0 aliphatic heterocycles. The van der Waals surface area contributed by atoms with Crippen LogP contribution >= 0.6 is 0 Å². The van der Waals surface area contributed by atoms with Crippen molar-refractivity contribution in [2.24, 2.45) is 5.16 Å². The van der Waals surface area contributed by atoms with Gasteiger partial charge in [0.15, 0.2) is 0 Å². The summed E-state index contributed by atoms with van der Waals surface area (Å²) in [6, 6.07) is 18.1. The van der Waals surface area contributed by atoms with Gasteiger partial charge in [-0.15, -0.1) is 0 Å². The molecule has 0 spiro atoms. The molecule has 5 heteroatoms. The van der Waals surface area contributed by atoms with Crippen molar-refractivity contribution in [3.05, 3.63) is 118 Å². The highest BCUT2D eigenvalue weighted by atomic mass is 19.1. The van der Waals surface area contributed by atoms with Crippen LogP contribution in [0.3, 0.4) is 0 Å². The number of carboxylic acid groups (broad SMARTS) is 1. The number of oxime groups is 1. The maximum atomic E-state index is 14.3. The van der Waals surface area contributed by atoms with Gasteiger partial charge in [0.2, 0.25) is 0 Å². The molecule has 0 heterocycles. The molecular formula is C29H26FNO3. The molecule has 4 nitrogen and oxygen atoms in total. The molecule has 3 aromatic carbocycles. The molecule has 0 saturated carbocycles. The number of fused-ring (bicyclic) bond motifs is 1. The predicted octanol–water partition coefficient (Wildman–Crippen LogP) is 6.84. The highest BCUT2D eigenvalue weighted by Gasteiger charge is 2.29. The number of aryl methyl sites for hydroxylation is 1. The maximum Gasteiger partial charge on any atom is 0.335 e. The number of hydrogen-bond donors (Lipinski definition) is 2. The van der Waals surface area contributed by atoms with E-state index in [-0.39, 0.29) is 22.3 Å². The fourth-order valence-corrected chi connectivity index (χ4v) is 4.23. The number of hydrogen-bond acceptors (Lipinski definition) is 3. The minimum atomic E-state index is -1.19. The molecule has 0 bridgehead atoms. The molecule has 0 fully saturated rings. The lowest BCUT2D eigenvalue weighted by Gasteiger charge is -2.33. The molecule has 4 rings (SSSR count). The van der Waals surface area contributed by atoms with Crippen molar-refractivity contribution in [3.8, 4) is 0 Å². The van der Waals surface area contributed by atoms with Crippen LogP contribution in [-0.2, 0) is 5.41 Å². The molecule has 172 valence electrons. The van der Waals surface area contributed by atoms with Crippen molar-refractivity contribution >= 4 is 23.3 Å². The summed E-state index contributed by atoms with van der Waals surface area (Å²) < 4.78 is 14.3. The topological polar surface area (TPSA) is 69.9 Å². The Morgan fingerprint density at radius 2 is 1.74 bits per heavy atom. The molecule has 3 aromatic rings. The van der Waals surface area contributed by atoms with Crippen molar-refractivity contribution in [1.82, 2.24) is 0 Å². The molecule has 2 N–H and O–H groups in total. The van der Waals surface area contributed by atoms with E-state index in [2.05, 4.69) is 56.3 Å². The zero-order valence-corrected chi connectivity index (χ0v) is 19.3. The van der Waals surface area contributed by atoms with E-state index in [1.54, 1.807) is 0 Å². The third-order valence-corrected chi connectivity index (χ3v) is 6.29. The lowest BCUT2D eigenvalue weighted by atomic mass is 9.71. The van der Waals surface area contributed by atoms with Gasteiger partial charge in [-0.3, -0.25) is 0 Å². The fourth-order valence-electron chi connectivity index (χ4n) is 4.23. The van der Waals surface area contributed by atoms with E-state index in [1.165, 1.54) is 35.4 Å². The first-order chi connectivity index (χ1) is 16.2. The first kappa shape index (κ1) is 23.2. The van der Waals surface area contributed by atoms with Crippen molar-refractivity contribution in [2.75, 3.05) is 0 Å². The average Bonchev–Trinajstić information content (AvgIpc) is 2.81. The van der Waals surface area contributed by atoms with Gasteiger partial charge in [0.05, 0.1) is 5.56 Å². The number of benzene rings is 3. The average molecular weight is 456 g/mol. The van der Waals surface area contributed by atoms with E-state index < -0.39 is 11.8 Å². The maximum absolute atomic E-state index is 14.3. The first-order valence-corrected chi connectivity index (χ1v) is 11.0. The Morgan fingerprint density at radius 3 is 2.38 bits per heavy atom. The van der Waals surface area contributed by atoms with Crippen molar-refractivity contribution in [1.29, 1.82) is 0 Å². The molecule has 1 aliphatic carbocycles. The van der Waals surface area contributed by atoms with E-state index >= 15 is 0 Å². The lowest BCUT2D eigenvalue weighted by molar-refractivity contribution is 0.0696. The van der Waals surface area contributed by atoms with Crippen LogP contribution in [0.4, 0.5) is 4.39 Å². The minimum absolute atomic E-state index is 0.109. The number of carbonyl (C=O) groups is 1. The first-order valence-electron chi connectivity index (χ1n) is 11.0. The van der Waals surface area contributed by atoms with Crippen LogP contribution in [-0.4, -0.2) is 22.0 Å². The number of rotatable bonds is 5. The second kappa shape index (κ2) is 9.10. The standard InChI is InChI=1S/C29H26FNO3/c1-18-4-6-19(7-5-18)23-14-15-29(2,3)25-16-21(10-12-24(23)25)27(31-34)13-11-20-8-9-22(28(32)33)17-26(20)30/h4-14,16-17,34H,15H2,1-3H3,(H,32,33). The highest BCUT2D eigenvalue weighted by molar-refractivity contribution is 6.11. The number of halogens is 1. The quantitative estimate of drug-likeness (QED) is 0.251. The summed E-state index contributed by atoms with van der Waals surface area (Å²) in [5.74, 6) is -1.85. The zero-order valence-electron chi connectivity index (χ0n) is 19.3. The Kier molecular flexibility index (Phi) is 6.20. The monoisotopic (exact) mass is 455 g/mol. The van der Waals surface area contributed by atoms with Crippen LogP contribution in [0.5, 0.6) is 0 Å². The van der Waals surface area contributed by atoms with Crippen molar-refractivity contribution in [2.45, 2.75) is 32.6 Å². The largest absolute Gasteiger partial charge is 0.478 e. The van der Waals surface area contributed by atoms with E-state index in [0.717, 1.165) is 29.2 Å². The van der Waals surface area contributed by atoms with Gasteiger partial charge in [0, 0.05) is 11.1 Å². The van der Waals surface area contributed by atoms with E-state index in [0.29, 0.717) is 5.56 Å². The van der Waals surface area contributed by atoms with Crippen LogP contribution in [0.25, 0.3) is 11.6 Å². The van der Waals surface area contributed by atoms with Gasteiger partial charge in [-0.25, -0.2) is 9.18 Å². The summed E-state index contributed by atoms with van der Waals surface area (Å²) in [5, 5.41) is 22.1. The molecule has 0 saturated heterocycles. The third kappa shape index (κ3) is 4.55. The Morgan fingerprint density at radius 1 is 1.03 bits per heavy atom. The van der Waals surface area contributed by atoms with E-state index in [1.807, 2.05) is 18.2 Å². The van der Waals surface area contributed by atoms with Crippen LogP contribution in [0.2, 0.25) is 0 Å². The third-order valence-electron chi connectivity index (χ3n) is 6.29. The molecule has 0 unspecified atom stereocenters. The number of carboxylic acids is 1. The second-order valence-electron chi connectivity index (χ2n) is 9.19. The van der Waals surface area contributed by atoms with E-state index in [4.69, 9.17) is 5.11 Å². The number of aromatic carboxylic acids is 1. The van der Waals surface area contributed by atoms with Gasteiger partial charge in [-0.2, -0.15) is 0 Å². The van der Waals surface area contributed by atoms with Gasteiger partial charge in [0.1, 0.15) is 11.5 Å². The lowest BCUT2D eigenvalue weighted by Crippen LogP contribution is -2.22. The molecule has 0 amide bonds. The molecule has 0 atom stereocenters. The van der Waals surface area contributed by atoms with Crippen LogP contribution < -0.4 is 0 Å². The summed E-state index contributed by atoms with van der Waals surface area (Å²) in [6.07, 6.45) is 6.14. The Bertz CT molecular complexity index is 1350. The number of nitrogens with zero attached hydrogens (tertiary/aromatic N) is 1. The van der Waals surface area contributed by atoms with E-state index in [9.17, 15) is 14.4 Å². The fraction of sp³-hybridized carbons (Fsp3) is 0.172. The molecule has 0 aromatic heterocycles. The van der Waals surface area contributed by atoms with Gasteiger partial charge in [-0.1, -0.05) is 73.1 Å². The Hall–Kier alpha value is -3.99. The van der Waals surface area contributed by atoms with Gasteiger partial charge in [-0.05, 0) is 71.4 Å². The van der Waals surface area contributed by atoms with Crippen LogP contribution in [0.1, 0.15) is 64.0 Å². The summed E-state index contributed by atoms with van der Waals surface area (Å²) in [7, 11) is 0. The smallest absolute Gasteiger partial charge is 0.335 e. The van der Waals surface area contributed by atoms with Crippen molar-refractivity contribution in [3.63, 3.8) is 0 Å². The summed E-state index contributed by atoms with van der Waals surface area (Å²) in [4.78, 5) is 11.0. The minimum Gasteiger partial charge on any atom is -0.478 e. The predicted molar refractivity (Wildman–Crippen MR) is 133 cm³/mol. The molecular weight excluding hydrogens is 429 g/mol. The highest BCUT2D eigenvalue weighted by Crippen LogP contribution is 2.41. The zero-order chi connectivity index (χ0) is 24.5.